The van der Waals surface area contributed by atoms with Crippen molar-refractivity contribution < 1.29 is 17.9 Å². The molecule has 0 aliphatic heterocycles. The van der Waals surface area contributed by atoms with Crippen molar-refractivity contribution in [2.24, 2.45) is 0 Å². The van der Waals surface area contributed by atoms with E-state index in [2.05, 4.69) is 9.88 Å². The number of hydrogen-bond donors (Lipinski definition) is 1. The molecule has 0 amide bonds. The van der Waals surface area contributed by atoms with Gasteiger partial charge in [0.25, 0.3) is 15.7 Å². The number of nitro benzene ring substituents is 1. The molecular formula is C13H15N3O5S. The number of anilines is 1. The van der Waals surface area contributed by atoms with Crippen molar-refractivity contribution in [3.8, 4) is 0 Å². The highest BCUT2D eigenvalue weighted by Gasteiger charge is 2.21. The van der Waals surface area contributed by atoms with Crippen LogP contribution in [0.25, 0.3) is 0 Å². The van der Waals surface area contributed by atoms with Crippen molar-refractivity contribution in [1.29, 1.82) is 0 Å². The molecule has 22 heavy (non-hydrogen) atoms. The lowest BCUT2D eigenvalue weighted by Gasteiger charge is -2.05. The molecule has 0 atom stereocenters. The van der Waals surface area contributed by atoms with Gasteiger partial charge in [0, 0.05) is 17.7 Å². The summed E-state index contributed by atoms with van der Waals surface area (Å²) in [6.45, 7) is 5.31. The quantitative estimate of drug-likeness (QED) is 0.667. The number of rotatable bonds is 5. The SMILES string of the molecule is Cc1ccc(S(=O)(=O)Nc2cc(C(C)C)no2)cc1[N+](=O)[O-]. The highest BCUT2D eigenvalue weighted by molar-refractivity contribution is 7.92. The topological polar surface area (TPSA) is 115 Å². The average molecular weight is 325 g/mol. The summed E-state index contributed by atoms with van der Waals surface area (Å²) in [6, 6.07) is 5.17. The predicted octanol–water partition coefficient (Wildman–Crippen LogP) is 2.82. The first-order chi connectivity index (χ1) is 10.2. The van der Waals surface area contributed by atoms with Crippen molar-refractivity contribution >= 4 is 21.6 Å². The molecule has 1 aromatic heterocycles. The van der Waals surface area contributed by atoms with E-state index in [1.807, 2.05) is 13.8 Å². The van der Waals surface area contributed by atoms with E-state index in [4.69, 9.17) is 4.52 Å². The number of nitrogens with one attached hydrogen (secondary N) is 1. The van der Waals surface area contributed by atoms with E-state index >= 15 is 0 Å². The Labute approximate surface area is 127 Å². The third-order valence-electron chi connectivity index (χ3n) is 3.04. The van der Waals surface area contributed by atoms with Crippen LogP contribution in [0, 0.1) is 17.0 Å². The van der Waals surface area contributed by atoms with Gasteiger partial charge >= 0.3 is 0 Å². The van der Waals surface area contributed by atoms with Crippen molar-refractivity contribution in [3.05, 3.63) is 45.6 Å². The summed E-state index contributed by atoms with van der Waals surface area (Å²) in [6.07, 6.45) is 0. The van der Waals surface area contributed by atoms with Crippen molar-refractivity contribution in [3.63, 3.8) is 0 Å². The van der Waals surface area contributed by atoms with Crippen molar-refractivity contribution in [2.75, 3.05) is 4.72 Å². The summed E-state index contributed by atoms with van der Waals surface area (Å²) in [5.41, 5.74) is 0.724. The van der Waals surface area contributed by atoms with Gasteiger partial charge in [0.15, 0.2) is 0 Å². The monoisotopic (exact) mass is 325 g/mol. The smallest absolute Gasteiger partial charge is 0.273 e. The molecule has 2 rings (SSSR count). The lowest BCUT2D eigenvalue weighted by Crippen LogP contribution is -2.13. The number of hydrogen-bond acceptors (Lipinski definition) is 6. The van der Waals surface area contributed by atoms with Crippen LogP contribution in [0.4, 0.5) is 11.6 Å². The van der Waals surface area contributed by atoms with E-state index in [1.54, 1.807) is 0 Å². The van der Waals surface area contributed by atoms with Gasteiger partial charge in [-0.1, -0.05) is 25.1 Å². The first-order valence-electron chi connectivity index (χ1n) is 6.45. The Balaban J connectivity index is 2.34. The van der Waals surface area contributed by atoms with Crippen LogP contribution in [-0.2, 0) is 10.0 Å². The van der Waals surface area contributed by atoms with E-state index in [0.717, 1.165) is 6.07 Å². The Hall–Kier alpha value is -2.42. The molecule has 8 nitrogen and oxygen atoms in total. The zero-order chi connectivity index (χ0) is 16.5. The predicted molar refractivity (Wildman–Crippen MR) is 79.2 cm³/mol. The molecule has 0 saturated heterocycles. The van der Waals surface area contributed by atoms with Crippen LogP contribution >= 0.6 is 0 Å². The number of aromatic nitrogens is 1. The van der Waals surface area contributed by atoms with Gasteiger partial charge in [0.1, 0.15) is 0 Å². The minimum Gasteiger partial charge on any atom is -0.338 e. The summed E-state index contributed by atoms with van der Waals surface area (Å²) in [7, 11) is -3.99. The van der Waals surface area contributed by atoms with Gasteiger partial charge < -0.3 is 4.52 Å². The van der Waals surface area contributed by atoms with Crippen LogP contribution in [-0.4, -0.2) is 18.5 Å². The standard InChI is InChI=1S/C13H15N3O5S/c1-8(2)11-7-13(21-14-11)15-22(19,20)10-5-4-9(3)12(6-10)16(17)18/h4-8,15H,1-3H3. The lowest BCUT2D eigenvalue weighted by molar-refractivity contribution is -0.385. The largest absolute Gasteiger partial charge is 0.338 e. The van der Waals surface area contributed by atoms with Gasteiger partial charge in [-0.3, -0.25) is 10.1 Å². The fourth-order valence-electron chi connectivity index (χ4n) is 1.75. The maximum atomic E-state index is 12.2. The number of aryl methyl sites for hydroxylation is 1. The third-order valence-corrected chi connectivity index (χ3v) is 4.39. The zero-order valence-corrected chi connectivity index (χ0v) is 13.0. The molecule has 0 aliphatic rings. The molecule has 2 aromatic rings. The molecule has 1 aromatic carbocycles. The number of nitrogens with zero attached hydrogens (tertiary/aromatic N) is 2. The number of sulfonamides is 1. The van der Waals surface area contributed by atoms with Crippen LogP contribution in [0.3, 0.4) is 0 Å². The average Bonchev–Trinajstić information content (AvgIpc) is 2.86. The fraction of sp³-hybridized carbons (Fsp3) is 0.308. The van der Waals surface area contributed by atoms with E-state index in [1.165, 1.54) is 25.1 Å². The molecule has 9 heteroatoms. The van der Waals surface area contributed by atoms with E-state index in [-0.39, 0.29) is 22.4 Å². The maximum Gasteiger partial charge on any atom is 0.273 e. The Morgan fingerprint density at radius 2 is 2.00 bits per heavy atom. The van der Waals surface area contributed by atoms with E-state index in [0.29, 0.717) is 11.3 Å². The van der Waals surface area contributed by atoms with Crippen molar-refractivity contribution in [2.45, 2.75) is 31.6 Å². The first-order valence-corrected chi connectivity index (χ1v) is 7.93. The maximum absolute atomic E-state index is 12.2. The van der Waals surface area contributed by atoms with Gasteiger partial charge in [-0.05, 0) is 18.9 Å². The van der Waals surface area contributed by atoms with Crippen molar-refractivity contribution in [1.82, 2.24) is 5.16 Å². The molecule has 1 heterocycles. The molecule has 0 aliphatic carbocycles. The minimum absolute atomic E-state index is 0.0353. The van der Waals surface area contributed by atoms with E-state index in [9.17, 15) is 18.5 Å². The Morgan fingerprint density at radius 1 is 1.32 bits per heavy atom. The molecule has 0 fully saturated rings. The summed E-state index contributed by atoms with van der Waals surface area (Å²) in [4.78, 5) is 10.1. The van der Waals surface area contributed by atoms with Crippen LogP contribution < -0.4 is 4.72 Å². The summed E-state index contributed by atoms with van der Waals surface area (Å²) in [5, 5.41) is 14.6. The Bertz CT molecular complexity index is 811. The zero-order valence-electron chi connectivity index (χ0n) is 12.2. The second-order valence-corrected chi connectivity index (χ2v) is 6.76. The second kappa shape index (κ2) is 5.76. The van der Waals surface area contributed by atoms with Crippen LogP contribution in [0.15, 0.2) is 33.7 Å². The van der Waals surface area contributed by atoms with Gasteiger partial charge in [-0.15, -0.1) is 0 Å². The minimum atomic E-state index is -3.99. The molecule has 1 N–H and O–H groups in total. The molecule has 118 valence electrons. The molecule has 0 unspecified atom stereocenters. The van der Waals surface area contributed by atoms with Crippen LogP contribution in [0.5, 0.6) is 0 Å². The Morgan fingerprint density at radius 3 is 2.55 bits per heavy atom. The molecule has 0 bridgehead atoms. The summed E-state index contributed by atoms with van der Waals surface area (Å²) >= 11 is 0. The molecule has 0 saturated carbocycles. The van der Waals surface area contributed by atoms with Gasteiger partial charge in [-0.2, -0.15) is 0 Å². The molecule has 0 radical (unpaired) electrons. The first kappa shape index (κ1) is 16.0. The fourth-order valence-corrected chi connectivity index (χ4v) is 2.75. The Kier molecular flexibility index (Phi) is 4.18. The van der Waals surface area contributed by atoms with Gasteiger partial charge in [0.05, 0.1) is 15.5 Å². The highest BCUT2D eigenvalue weighted by Crippen LogP contribution is 2.25. The molecular weight excluding hydrogens is 310 g/mol. The van der Waals surface area contributed by atoms with Gasteiger partial charge in [0.2, 0.25) is 5.88 Å². The molecule has 0 spiro atoms. The lowest BCUT2D eigenvalue weighted by atomic mass is 10.1. The normalized spacial score (nSPS) is 11.6. The highest BCUT2D eigenvalue weighted by atomic mass is 32.2. The summed E-state index contributed by atoms with van der Waals surface area (Å²) in [5.74, 6) is 0.0504. The van der Waals surface area contributed by atoms with Gasteiger partial charge in [-0.25, -0.2) is 13.1 Å². The number of nitro groups is 1. The summed E-state index contributed by atoms with van der Waals surface area (Å²) < 4.78 is 31.6. The second-order valence-electron chi connectivity index (χ2n) is 5.08. The van der Waals surface area contributed by atoms with Crippen LogP contribution in [0.2, 0.25) is 0 Å². The number of benzene rings is 1. The third kappa shape index (κ3) is 3.25. The van der Waals surface area contributed by atoms with Crippen LogP contribution in [0.1, 0.15) is 31.0 Å². The van der Waals surface area contributed by atoms with E-state index < -0.39 is 14.9 Å².